The molecular weight excluding hydrogens is 302 g/mol. The van der Waals surface area contributed by atoms with Gasteiger partial charge in [0.25, 0.3) is 0 Å². The number of fused-ring (bicyclic) bond motifs is 1. The van der Waals surface area contributed by atoms with Gasteiger partial charge in [0, 0.05) is 11.6 Å². The first kappa shape index (κ1) is 15.0. The second kappa shape index (κ2) is 5.71. The Bertz CT molecular complexity index is 789. The average Bonchev–Trinajstić information content (AvgIpc) is 2.75. The van der Waals surface area contributed by atoms with Crippen LogP contribution in [0.1, 0.15) is 23.6 Å². The van der Waals surface area contributed by atoms with Crippen molar-refractivity contribution in [2.75, 3.05) is 6.26 Å². The fourth-order valence-corrected chi connectivity index (χ4v) is 3.02. The highest BCUT2D eigenvalue weighted by atomic mass is 32.2. The maximum absolute atomic E-state index is 14.1. The molecule has 3 rings (SSSR count). The summed E-state index contributed by atoms with van der Waals surface area (Å²) in [6.07, 6.45) is 6.45. The third-order valence-corrected chi connectivity index (χ3v) is 4.51. The Morgan fingerprint density at radius 3 is 2.45 bits per heavy atom. The van der Waals surface area contributed by atoms with Crippen LogP contribution in [-0.4, -0.2) is 10.8 Å². The molecule has 0 spiro atoms. The summed E-state index contributed by atoms with van der Waals surface area (Å²) in [5.74, 6) is -1.19. The summed E-state index contributed by atoms with van der Waals surface area (Å²) in [7, 11) is 0. The fraction of sp³-hybridized carbons (Fsp3) is 0.111. The van der Waals surface area contributed by atoms with Gasteiger partial charge in [-0.2, -0.15) is 0 Å². The maximum atomic E-state index is 14.1. The van der Waals surface area contributed by atoms with Gasteiger partial charge in [-0.05, 0) is 82.9 Å². The van der Waals surface area contributed by atoms with E-state index < -0.39 is 22.8 Å². The van der Waals surface area contributed by atoms with Gasteiger partial charge in [0.05, 0.1) is 0 Å². The molecule has 1 atom stereocenters. The molecule has 0 saturated carbocycles. The number of allylic oxidation sites excluding steroid dienone is 2. The van der Waals surface area contributed by atoms with Crippen molar-refractivity contribution in [2.45, 2.75) is 11.8 Å². The first-order valence-corrected chi connectivity index (χ1v) is 8.27. The molecule has 0 fully saturated rings. The lowest BCUT2D eigenvalue weighted by Gasteiger charge is -2.07. The van der Waals surface area contributed by atoms with Crippen LogP contribution in [0.5, 0.6) is 0 Å². The van der Waals surface area contributed by atoms with Crippen LogP contribution in [0.15, 0.2) is 46.9 Å². The molecule has 111 valence electrons. The molecule has 1 nitrogen and oxygen atoms in total. The van der Waals surface area contributed by atoms with Gasteiger partial charge in [0.2, 0.25) is 0 Å². The molecule has 0 aromatic heterocycles. The van der Waals surface area contributed by atoms with Crippen LogP contribution in [0.4, 0.5) is 8.78 Å². The van der Waals surface area contributed by atoms with Crippen molar-refractivity contribution < 1.29 is 13.3 Å². The summed E-state index contributed by atoms with van der Waals surface area (Å²) in [5.41, 5.74) is 3.14. The van der Waals surface area contributed by atoms with Gasteiger partial charge in [0.1, 0.15) is 17.9 Å². The number of rotatable bonds is 2. The summed E-state index contributed by atoms with van der Waals surface area (Å²) in [6.45, 7) is 1.82. The Balaban J connectivity index is 2.05. The Morgan fingerprint density at radius 1 is 1.14 bits per heavy atom. The van der Waals surface area contributed by atoms with E-state index in [0.29, 0.717) is 16.7 Å². The second-order valence-corrected chi connectivity index (χ2v) is 6.52. The van der Waals surface area contributed by atoms with E-state index >= 15 is 0 Å². The van der Waals surface area contributed by atoms with Gasteiger partial charge in [0.15, 0.2) is 4.90 Å². The van der Waals surface area contributed by atoms with Crippen LogP contribution in [0.25, 0.3) is 11.6 Å². The van der Waals surface area contributed by atoms with Crippen molar-refractivity contribution >= 4 is 22.8 Å². The minimum atomic E-state index is -1.03. The molecule has 1 radical (unpaired) electrons. The molecule has 0 N–H and O–H groups in total. The van der Waals surface area contributed by atoms with Gasteiger partial charge in [-0.25, -0.2) is 8.78 Å². The first-order chi connectivity index (χ1) is 10.5. The average molecular weight is 315 g/mol. The summed E-state index contributed by atoms with van der Waals surface area (Å²) < 4.78 is 38.7. The van der Waals surface area contributed by atoms with Crippen LogP contribution < -0.4 is 0 Å². The lowest BCUT2D eigenvalue weighted by atomic mass is 10.00. The monoisotopic (exact) mass is 315 g/mol. The normalized spacial score (nSPS) is 16.6. The molecule has 1 aliphatic rings. The molecule has 1 unspecified atom stereocenters. The Kier molecular flexibility index (Phi) is 3.89. The lowest BCUT2D eigenvalue weighted by molar-refractivity contribution is 0.580. The van der Waals surface area contributed by atoms with Crippen molar-refractivity contribution in [2.24, 2.45) is 0 Å². The number of hydrogen-bond donors (Lipinski definition) is 0. The molecule has 2 aromatic rings. The fourth-order valence-electron chi connectivity index (χ4n) is 2.51. The highest BCUT2D eigenvalue weighted by Gasteiger charge is 2.21. The standard InChI is InChI=1S/C18H13F2OS/c1-11-7-13-9-14(19)10-17(20)18(13)16(11)8-12-3-5-15(6-4-12)22(2)21/h3-6,8-10H,1-2H3/b16-8+. The minimum absolute atomic E-state index is 0.377. The third kappa shape index (κ3) is 2.72. The van der Waals surface area contributed by atoms with Crippen molar-refractivity contribution in [3.05, 3.63) is 76.4 Å². The molecule has 0 amide bonds. The molecular formula is C18H13F2OS. The summed E-state index contributed by atoms with van der Waals surface area (Å²) in [5, 5.41) is 0. The smallest absolute Gasteiger partial charge is 0.152 e. The zero-order valence-corrected chi connectivity index (χ0v) is 12.9. The largest absolute Gasteiger partial charge is 0.612 e. The van der Waals surface area contributed by atoms with E-state index in [1.54, 1.807) is 18.4 Å². The zero-order chi connectivity index (χ0) is 15.9. The molecule has 0 bridgehead atoms. The lowest BCUT2D eigenvalue weighted by Crippen LogP contribution is -1.96. The van der Waals surface area contributed by atoms with Gasteiger partial charge < -0.3 is 4.55 Å². The van der Waals surface area contributed by atoms with Crippen molar-refractivity contribution in [3.63, 3.8) is 0 Å². The second-order valence-electron chi connectivity index (χ2n) is 5.14. The molecule has 0 aliphatic heterocycles. The third-order valence-electron chi connectivity index (χ3n) is 3.57. The molecule has 4 heteroatoms. The van der Waals surface area contributed by atoms with E-state index in [9.17, 15) is 13.3 Å². The topological polar surface area (TPSA) is 23.1 Å². The molecule has 1 aliphatic carbocycles. The minimum Gasteiger partial charge on any atom is -0.612 e. The van der Waals surface area contributed by atoms with Gasteiger partial charge in [-0.3, -0.25) is 0 Å². The van der Waals surface area contributed by atoms with Crippen LogP contribution in [0.2, 0.25) is 0 Å². The van der Waals surface area contributed by atoms with E-state index in [1.807, 2.05) is 25.1 Å². The predicted molar refractivity (Wildman–Crippen MR) is 84.5 cm³/mol. The predicted octanol–water partition coefficient (Wildman–Crippen LogP) is 4.35. The van der Waals surface area contributed by atoms with Crippen LogP contribution in [-0.2, 0) is 11.2 Å². The molecule has 0 saturated heterocycles. The Labute approximate surface area is 131 Å². The first-order valence-electron chi connectivity index (χ1n) is 6.71. The van der Waals surface area contributed by atoms with Crippen LogP contribution in [0.3, 0.4) is 0 Å². The number of halogens is 2. The van der Waals surface area contributed by atoms with Gasteiger partial charge in [-0.15, -0.1) is 0 Å². The summed E-state index contributed by atoms with van der Waals surface area (Å²) in [6, 6.07) is 9.39. The summed E-state index contributed by atoms with van der Waals surface area (Å²) >= 11 is -1.03. The summed E-state index contributed by atoms with van der Waals surface area (Å²) in [4.78, 5) is 0.737. The van der Waals surface area contributed by atoms with Gasteiger partial charge in [-0.1, -0.05) is 0 Å². The van der Waals surface area contributed by atoms with Gasteiger partial charge >= 0.3 is 0 Å². The van der Waals surface area contributed by atoms with Crippen LogP contribution >= 0.6 is 0 Å². The van der Waals surface area contributed by atoms with E-state index in [-0.39, 0.29) is 0 Å². The number of benzene rings is 2. The van der Waals surface area contributed by atoms with E-state index in [1.165, 1.54) is 6.07 Å². The quantitative estimate of drug-likeness (QED) is 0.755. The maximum Gasteiger partial charge on any atom is 0.152 e. The van der Waals surface area contributed by atoms with E-state index in [2.05, 4.69) is 6.08 Å². The highest BCUT2D eigenvalue weighted by molar-refractivity contribution is 7.90. The Morgan fingerprint density at radius 2 is 1.82 bits per heavy atom. The molecule has 0 heterocycles. The SMILES string of the molecule is CC1=[C]c2cc(F)cc(F)c2/C1=C/c1ccc([S+](C)[O-])cc1. The molecule has 2 aromatic carbocycles. The van der Waals surface area contributed by atoms with E-state index in [4.69, 9.17) is 0 Å². The van der Waals surface area contributed by atoms with Crippen LogP contribution in [0, 0.1) is 17.7 Å². The van der Waals surface area contributed by atoms with Crippen molar-refractivity contribution in [3.8, 4) is 0 Å². The Hall–Kier alpha value is -1.91. The highest BCUT2D eigenvalue weighted by Crippen LogP contribution is 2.37. The zero-order valence-electron chi connectivity index (χ0n) is 12.1. The molecule has 22 heavy (non-hydrogen) atoms. The van der Waals surface area contributed by atoms with Crippen molar-refractivity contribution in [1.82, 2.24) is 0 Å². The number of hydrogen-bond acceptors (Lipinski definition) is 1. The van der Waals surface area contributed by atoms with Crippen molar-refractivity contribution in [1.29, 1.82) is 0 Å². The van der Waals surface area contributed by atoms with E-state index in [0.717, 1.165) is 22.1 Å².